The third-order valence-corrected chi connectivity index (χ3v) is 3.99. The number of hydrogen-bond donors (Lipinski definition) is 1. The second kappa shape index (κ2) is 3.94. The molecular weight excluding hydrogens is 270 g/mol. The van der Waals surface area contributed by atoms with Gasteiger partial charge in [-0.05, 0) is 24.4 Å². The molecule has 19 heavy (non-hydrogen) atoms. The van der Waals surface area contributed by atoms with Crippen molar-refractivity contribution < 1.29 is 4.74 Å². The van der Waals surface area contributed by atoms with Crippen molar-refractivity contribution in [1.82, 2.24) is 19.6 Å². The molecule has 0 aromatic carbocycles. The zero-order chi connectivity index (χ0) is 13.0. The molecule has 2 bridgehead atoms. The number of aromatic amines is 1. The number of H-pyrrole nitrogens is 1. The molecule has 2 atom stereocenters. The summed E-state index contributed by atoms with van der Waals surface area (Å²) in [5, 5.41) is 2.22. The summed E-state index contributed by atoms with van der Waals surface area (Å²) in [6.07, 6.45) is 3.59. The average Bonchev–Trinajstić information content (AvgIpc) is 2.81. The van der Waals surface area contributed by atoms with E-state index in [0.717, 1.165) is 12.8 Å². The fourth-order valence-corrected chi connectivity index (χ4v) is 3.14. The van der Waals surface area contributed by atoms with Crippen LogP contribution in [0.25, 0.3) is 11.2 Å². The van der Waals surface area contributed by atoms with E-state index in [1.807, 2.05) is 0 Å². The van der Waals surface area contributed by atoms with Gasteiger partial charge in [0.15, 0.2) is 5.65 Å². The first-order chi connectivity index (χ1) is 9.24. The molecule has 2 saturated heterocycles. The molecule has 4 heterocycles. The van der Waals surface area contributed by atoms with Crippen LogP contribution in [0.1, 0.15) is 12.8 Å². The minimum absolute atomic E-state index is 0.140. The third kappa shape index (κ3) is 1.58. The Morgan fingerprint density at radius 2 is 2.11 bits per heavy atom. The molecule has 2 fully saturated rings. The van der Waals surface area contributed by atoms with Gasteiger partial charge in [-0.2, -0.15) is 9.66 Å². The van der Waals surface area contributed by atoms with Gasteiger partial charge in [0, 0.05) is 0 Å². The van der Waals surface area contributed by atoms with Gasteiger partial charge in [0.05, 0.1) is 31.5 Å². The summed E-state index contributed by atoms with van der Waals surface area (Å²) in [6.45, 7) is 1.29. The van der Waals surface area contributed by atoms with Gasteiger partial charge in [-0.3, -0.25) is 5.01 Å². The summed E-state index contributed by atoms with van der Waals surface area (Å²) in [7, 11) is 0. The quantitative estimate of drug-likeness (QED) is 0.760. The maximum Gasteiger partial charge on any atom is 0.346 e. The number of morpholine rings is 1. The number of aromatic nitrogens is 4. The molecule has 0 radical (unpaired) electrons. The highest BCUT2D eigenvalue weighted by Gasteiger charge is 2.39. The number of halogens is 1. The van der Waals surface area contributed by atoms with Gasteiger partial charge in [0.25, 0.3) is 0 Å². The fraction of sp³-hybridized carbons (Fsp3) is 0.545. The van der Waals surface area contributed by atoms with Crippen LogP contribution in [0.2, 0.25) is 5.28 Å². The Kier molecular flexibility index (Phi) is 2.33. The minimum Gasteiger partial charge on any atom is -0.377 e. The number of nitrogens with one attached hydrogen (secondary N) is 1. The normalized spacial score (nSPS) is 26.3. The lowest BCUT2D eigenvalue weighted by molar-refractivity contribution is 0.0762. The number of ether oxygens (including phenoxy) is 1. The summed E-state index contributed by atoms with van der Waals surface area (Å²) in [5.74, 6) is 0. The second-order valence-electron chi connectivity index (χ2n) is 4.92. The van der Waals surface area contributed by atoms with E-state index in [9.17, 15) is 4.79 Å². The molecule has 0 spiro atoms. The molecule has 0 amide bonds. The van der Waals surface area contributed by atoms with Crippen LogP contribution < -0.4 is 10.7 Å². The van der Waals surface area contributed by atoms with E-state index < -0.39 is 0 Å². The van der Waals surface area contributed by atoms with E-state index in [0.29, 0.717) is 24.4 Å². The first-order valence-corrected chi connectivity index (χ1v) is 6.61. The number of fused-ring (bicyclic) bond motifs is 3. The molecule has 2 unspecified atom stereocenters. The molecule has 8 heteroatoms. The second-order valence-corrected chi connectivity index (χ2v) is 5.26. The topological polar surface area (TPSA) is 76.0 Å². The van der Waals surface area contributed by atoms with Crippen molar-refractivity contribution in [2.24, 2.45) is 0 Å². The van der Waals surface area contributed by atoms with E-state index in [1.165, 1.54) is 6.20 Å². The van der Waals surface area contributed by atoms with Crippen LogP contribution in [0.4, 0.5) is 0 Å². The molecule has 2 aromatic heterocycles. The fourth-order valence-electron chi connectivity index (χ4n) is 3.01. The van der Waals surface area contributed by atoms with Crippen molar-refractivity contribution in [2.75, 3.05) is 18.2 Å². The van der Waals surface area contributed by atoms with Gasteiger partial charge < -0.3 is 9.72 Å². The summed E-state index contributed by atoms with van der Waals surface area (Å²) < 4.78 is 7.13. The van der Waals surface area contributed by atoms with Crippen LogP contribution in [0.3, 0.4) is 0 Å². The Morgan fingerprint density at radius 3 is 2.84 bits per heavy atom. The lowest BCUT2D eigenvalue weighted by Crippen LogP contribution is -2.55. The molecular formula is C11H12ClN5O2. The van der Waals surface area contributed by atoms with Crippen LogP contribution in [-0.4, -0.2) is 44.9 Å². The number of nitrogens with zero attached hydrogens (tertiary/aromatic N) is 4. The van der Waals surface area contributed by atoms with Gasteiger partial charge in [0.1, 0.15) is 5.52 Å². The van der Waals surface area contributed by atoms with Crippen molar-refractivity contribution >= 4 is 22.8 Å². The van der Waals surface area contributed by atoms with Gasteiger partial charge in [-0.25, -0.2) is 9.78 Å². The number of hydrogen-bond acceptors (Lipinski definition) is 5. The van der Waals surface area contributed by atoms with E-state index in [2.05, 4.69) is 20.0 Å². The standard InChI is InChI=1S/C11H12ClN5O2/c12-10-13-3-8-9(15-10)17(11(18)14-8)16-6-1-2-7(16)5-19-4-6/h3,6-7H,1-2,4-5H2,(H,14,18). The van der Waals surface area contributed by atoms with Crippen LogP contribution >= 0.6 is 11.6 Å². The molecule has 2 aliphatic rings. The van der Waals surface area contributed by atoms with Crippen molar-refractivity contribution in [3.63, 3.8) is 0 Å². The predicted molar refractivity (Wildman–Crippen MR) is 69.0 cm³/mol. The monoisotopic (exact) mass is 281 g/mol. The molecule has 100 valence electrons. The predicted octanol–water partition coefficient (Wildman–Crippen LogP) is 0.272. The first-order valence-electron chi connectivity index (χ1n) is 6.23. The highest BCUT2D eigenvalue weighted by atomic mass is 35.5. The van der Waals surface area contributed by atoms with Crippen molar-refractivity contribution in [2.45, 2.75) is 24.9 Å². The Morgan fingerprint density at radius 1 is 1.37 bits per heavy atom. The van der Waals surface area contributed by atoms with Gasteiger partial charge in [-0.15, -0.1) is 0 Å². The lowest BCUT2D eigenvalue weighted by Gasteiger charge is -2.36. The van der Waals surface area contributed by atoms with E-state index in [-0.39, 0.29) is 23.1 Å². The summed E-state index contributed by atoms with van der Waals surface area (Å²) in [6, 6.07) is 0.452. The van der Waals surface area contributed by atoms with E-state index >= 15 is 0 Å². The Bertz CT molecular complexity index is 680. The van der Waals surface area contributed by atoms with Crippen LogP contribution in [0, 0.1) is 0 Å². The van der Waals surface area contributed by atoms with Crippen molar-refractivity contribution in [3.05, 3.63) is 22.0 Å². The molecule has 2 aromatic rings. The van der Waals surface area contributed by atoms with Gasteiger partial charge in [-0.1, -0.05) is 0 Å². The highest BCUT2D eigenvalue weighted by Crippen LogP contribution is 2.27. The van der Waals surface area contributed by atoms with E-state index in [1.54, 1.807) is 4.68 Å². The lowest BCUT2D eigenvalue weighted by atomic mass is 10.2. The maximum atomic E-state index is 12.2. The summed E-state index contributed by atoms with van der Waals surface area (Å²) >= 11 is 5.83. The number of rotatable bonds is 1. The highest BCUT2D eigenvalue weighted by molar-refractivity contribution is 6.28. The molecule has 7 nitrogen and oxygen atoms in total. The largest absolute Gasteiger partial charge is 0.377 e. The first kappa shape index (κ1) is 11.2. The molecule has 0 aliphatic carbocycles. The van der Waals surface area contributed by atoms with Crippen LogP contribution in [0.15, 0.2) is 11.0 Å². The number of imidazole rings is 1. The van der Waals surface area contributed by atoms with Crippen LogP contribution in [0.5, 0.6) is 0 Å². The van der Waals surface area contributed by atoms with Crippen molar-refractivity contribution in [3.8, 4) is 0 Å². The summed E-state index contributed by atoms with van der Waals surface area (Å²) in [4.78, 5) is 23.0. The van der Waals surface area contributed by atoms with E-state index in [4.69, 9.17) is 16.3 Å². The Hall–Kier alpha value is -1.60. The van der Waals surface area contributed by atoms with Gasteiger partial charge in [0.2, 0.25) is 5.28 Å². The molecule has 4 rings (SSSR count). The Balaban J connectivity index is 1.93. The van der Waals surface area contributed by atoms with Crippen molar-refractivity contribution in [1.29, 1.82) is 0 Å². The average molecular weight is 282 g/mol. The minimum atomic E-state index is -0.203. The summed E-state index contributed by atoms with van der Waals surface area (Å²) in [5.41, 5.74) is 0.925. The zero-order valence-corrected chi connectivity index (χ0v) is 10.8. The van der Waals surface area contributed by atoms with Gasteiger partial charge >= 0.3 is 5.69 Å². The third-order valence-electron chi connectivity index (χ3n) is 3.81. The Labute approximate surface area is 113 Å². The molecule has 0 saturated carbocycles. The molecule has 1 N–H and O–H groups in total. The smallest absolute Gasteiger partial charge is 0.346 e. The van der Waals surface area contributed by atoms with Crippen LogP contribution in [-0.2, 0) is 4.74 Å². The zero-order valence-electron chi connectivity index (χ0n) is 10.0. The SMILES string of the molecule is O=c1[nH]c2cnc(Cl)nc2n1N1C2CCC1COC2. The molecule has 2 aliphatic heterocycles. The maximum absolute atomic E-state index is 12.2.